The van der Waals surface area contributed by atoms with Gasteiger partial charge in [0.25, 0.3) is 0 Å². The molecule has 0 aliphatic carbocycles. The van der Waals surface area contributed by atoms with Gasteiger partial charge >= 0.3 is 0 Å². The standard InChI is InChI=1S/C14H16ClN3/c1-10-4-6-12(7-5-10)11(2)18(3)14-13(15)16-8-9-17-14/h4-9,11H,1-3H3/t11-/m0/s1. The topological polar surface area (TPSA) is 29.0 Å². The van der Waals surface area contributed by atoms with Crippen molar-refractivity contribution in [3.05, 3.63) is 52.9 Å². The first kappa shape index (κ1) is 12.8. The molecule has 1 heterocycles. The Morgan fingerprint density at radius 3 is 2.33 bits per heavy atom. The minimum absolute atomic E-state index is 0.194. The third-order valence-corrected chi connectivity index (χ3v) is 3.38. The number of rotatable bonds is 3. The molecule has 18 heavy (non-hydrogen) atoms. The minimum Gasteiger partial charge on any atom is -0.350 e. The van der Waals surface area contributed by atoms with Crippen molar-refractivity contribution in [1.29, 1.82) is 0 Å². The number of hydrogen-bond acceptors (Lipinski definition) is 3. The molecule has 0 saturated heterocycles. The van der Waals surface area contributed by atoms with Crippen LogP contribution in [0.15, 0.2) is 36.7 Å². The van der Waals surface area contributed by atoms with Gasteiger partial charge in [-0.1, -0.05) is 41.4 Å². The summed E-state index contributed by atoms with van der Waals surface area (Å²) in [4.78, 5) is 10.4. The highest BCUT2D eigenvalue weighted by Crippen LogP contribution is 2.27. The molecule has 94 valence electrons. The van der Waals surface area contributed by atoms with Gasteiger partial charge < -0.3 is 4.90 Å². The van der Waals surface area contributed by atoms with Crippen molar-refractivity contribution in [3.63, 3.8) is 0 Å². The lowest BCUT2D eigenvalue weighted by atomic mass is 10.1. The molecule has 0 fully saturated rings. The van der Waals surface area contributed by atoms with E-state index in [9.17, 15) is 0 Å². The maximum atomic E-state index is 6.06. The summed E-state index contributed by atoms with van der Waals surface area (Å²) in [6.07, 6.45) is 3.25. The van der Waals surface area contributed by atoms with Gasteiger partial charge in [-0.25, -0.2) is 9.97 Å². The zero-order valence-electron chi connectivity index (χ0n) is 10.8. The SMILES string of the molecule is Cc1ccc([C@H](C)N(C)c2nccnc2Cl)cc1. The predicted molar refractivity (Wildman–Crippen MR) is 75.0 cm³/mol. The lowest BCUT2D eigenvalue weighted by Gasteiger charge is -2.26. The number of aromatic nitrogens is 2. The lowest BCUT2D eigenvalue weighted by Crippen LogP contribution is -2.23. The molecule has 0 unspecified atom stereocenters. The largest absolute Gasteiger partial charge is 0.350 e. The number of anilines is 1. The molecular weight excluding hydrogens is 246 g/mol. The van der Waals surface area contributed by atoms with E-state index in [-0.39, 0.29) is 6.04 Å². The quantitative estimate of drug-likeness (QED) is 0.845. The molecule has 0 N–H and O–H groups in total. The summed E-state index contributed by atoms with van der Waals surface area (Å²) >= 11 is 6.06. The van der Waals surface area contributed by atoms with Crippen LogP contribution < -0.4 is 4.90 Å². The van der Waals surface area contributed by atoms with E-state index in [2.05, 4.69) is 48.1 Å². The molecule has 2 aromatic rings. The maximum absolute atomic E-state index is 6.06. The zero-order chi connectivity index (χ0) is 13.1. The number of halogens is 1. The molecule has 0 radical (unpaired) electrons. The van der Waals surface area contributed by atoms with Crippen LogP contribution in [0.25, 0.3) is 0 Å². The van der Waals surface area contributed by atoms with E-state index in [0.717, 1.165) is 0 Å². The van der Waals surface area contributed by atoms with Gasteiger partial charge in [0.1, 0.15) is 0 Å². The molecule has 3 nitrogen and oxygen atoms in total. The molecule has 0 bridgehead atoms. The molecule has 0 aliphatic rings. The summed E-state index contributed by atoms with van der Waals surface area (Å²) in [5.41, 5.74) is 2.48. The first-order chi connectivity index (χ1) is 8.59. The highest BCUT2D eigenvalue weighted by molar-refractivity contribution is 6.31. The van der Waals surface area contributed by atoms with E-state index < -0.39 is 0 Å². The number of nitrogens with zero attached hydrogens (tertiary/aromatic N) is 3. The third kappa shape index (κ3) is 2.62. The monoisotopic (exact) mass is 261 g/mol. The van der Waals surface area contributed by atoms with E-state index in [1.165, 1.54) is 11.1 Å². The van der Waals surface area contributed by atoms with Gasteiger partial charge in [-0.3, -0.25) is 0 Å². The van der Waals surface area contributed by atoms with Crippen LogP contribution in [-0.4, -0.2) is 17.0 Å². The summed E-state index contributed by atoms with van der Waals surface area (Å²) in [6.45, 7) is 4.20. The van der Waals surface area contributed by atoms with E-state index in [0.29, 0.717) is 11.0 Å². The molecule has 1 atom stereocenters. The van der Waals surface area contributed by atoms with Gasteiger partial charge in [0.05, 0.1) is 6.04 Å². The van der Waals surface area contributed by atoms with Crippen molar-refractivity contribution in [2.24, 2.45) is 0 Å². The Labute approximate surface area is 112 Å². The molecule has 0 aliphatic heterocycles. The van der Waals surface area contributed by atoms with Crippen molar-refractivity contribution < 1.29 is 0 Å². The second-order valence-electron chi connectivity index (χ2n) is 4.37. The second kappa shape index (κ2) is 5.36. The highest BCUT2D eigenvalue weighted by Gasteiger charge is 2.16. The van der Waals surface area contributed by atoms with Crippen LogP contribution in [0.2, 0.25) is 5.15 Å². The molecule has 0 amide bonds. The summed E-state index contributed by atoms with van der Waals surface area (Å²) < 4.78 is 0. The summed E-state index contributed by atoms with van der Waals surface area (Å²) in [5.74, 6) is 0.701. The van der Waals surface area contributed by atoms with Crippen LogP contribution in [0.5, 0.6) is 0 Å². The molecular formula is C14H16ClN3. The van der Waals surface area contributed by atoms with E-state index in [4.69, 9.17) is 11.6 Å². The Hall–Kier alpha value is -1.61. The fourth-order valence-electron chi connectivity index (χ4n) is 1.80. The van der Waals surface area contributed by atoms with Gasteiger partial charge in [0, 0.05) is 19.4 Å². The van der Waals surface area contributed by atoms with E-state index in [1.807, 2.05) is 11.9 Å². The first-order valence-electron chi connectivity index (χ1n) is 5.85. The van der Waals surface area contributed by atoms with Crippen molar-refractivity contribution in [1.82, 2.24) is 9.97 Å². The van der Waals surface area contributed by atoms with Gasteiger partial charge in [0.15, 0.2) is 11.0 Å². The summed E-state index contributed by atoms with van der Waals surface area (Å²) in [7, 11) is 1.97. The van der Waals surface area contributed by atoms with Gasteiger partial charge in [-0.05, 0) is 19.4 Å². The van der Waals surface area contributed by atoms with Crippen molar-refractivity contribution in [2.75, 3.05) is 11.9 Å². The number of aryl methyl sites for hydroxylation is 1. The normalized spacial score (nSPS) is 12.2. The van der Waals surface area contributed by atoms with Crippen LogP contribution in [0.4, 0.5) is 5.82 Å². The predicted octanol–water partition coefficient (Wildman–Crippen LogP) is 3.64. The highest BCUT2D eigenvalue weighted by atomic mass is 35.5. The lowest BCUT2D eigenvalue weighted by molar-refractivity contribution is 0.726. The Kier molecular flexibility index (Phi) is 3.82. The van der Waals surface area contributed by atoms with Crippen molar-refractivity contribution in [3.8, 4) is 0 Å². The van der Waals surface area contributed by atoms with E-state index in [1.54, 1.807) is 12.4 Å². The molecule has 0 saturated carbocycles. The third-order valence-electron chi connectivity index (χ3n) is 3.11. The fraction of sp³-hybridized carbons (Fsp3) is 0.286. The zero-order valence-corrected chi connectivity index (χ0v) is 11.5. The fourth-order valence-corrected chi connectivity index (χ4v) is 2.04. The number of hydrogen-bond donors (Lipinski definition) is 0. The van der Waals surface area contributed by atoms with Crippen LogP contribution >= 0.6 is 11.6 Å². The molecule has 1 aromatic carbocycles. The van der Waals surface area contributed by atoms with Gasteiger partial charge in [0.2, 0.25) is 0 Å². The Balaban J connectivity index is 2.26. The second-order valence-corrected chi connectivity index (χ2v) is 4.73. The van der Waals surface area contributed by atoms with Crippen LogP contribution in [0, 0.1) is 6.92 Å². The van der Waals surface area contributed by atoms with Crippen molar-refractivity contribution in [2.45, 2.75) is 19.9 Å². The average Bonchev–Trinajstić information content (AvgIpc) is 2.38. The first-order valence-corrected chi connectivity index (χ1v) is 6.23. The Morgan fingerprint density at radius 1 is 1.11 bits per heavy atom. The van der Waals surface area contributed by atoms with Crippen LogP contribution in [0.1, 0.15) is 24.1 Å². The Bertz CT molecular complexity index is 525. The molecule has 1 aromatic heterocycles. The molecule has 2 rings (SSSR count). The average molecular weight is 262 g/mol. The maximum Gasteiger partial charge on any atom is 0.171 e. The van der Waals surface area contributed by atoms with E-state index >= 15 is 0 Å². The number of benzene rings is 1. The van der Waals surface area contributed by atoms with Crippen molar-refractivity contribution >= 4 is 17.4 Å². The summed E-state index contributed by atoms with van der Waals surface area (Å²) in [6, 6.07) is 8.66. The van der Waals surface area contributed by atoms with Gasteiger partial charge in [-0.15, -0.1) is 0 Å². The molecule has 4 heteroatoms. The minimum atomic E-state index is 0.194. The van der Waals surface area contributed by atoms with Crippen LogP contribution in [0.3, 0.4) is 0 Å². The Morgan fingerprint density at radius 2 is 1.72 bits per heavy atom. The van der Waals surface area contributed by atoms with Crippen LogP contribution in [-0.2, 0) is 0 Å². The summed E-state index contributed by atoms with van der Waals surface area (Å²) in [5, 5.41) is 0.430. The van der Waals surface area contributed by atoms with Gasteiger partial charge in [-0.2, -0.15) is 0 Å². The smallest absolute Gasteiger partial charge is 0.171 e. The molecule has 0 spiro atoms.